The molecule has 1 N–H and O–H groups in total. The monoisotopic (exact) mass is 209 g/mol. The van der Waals surface area contributed by atoms with Crippen LogP contribution in [0.3, 0.4) is 0 Å². The van der Waals surface area contributed by atoms with Gasteiger partial charge in [-0.05, 0) is 26.0 Å². The molecule has 0 fully saturated rings. The molecule has 0 aliphatic carbocycles. The van der Waals surface area contributed by atoms with E-state index in [1.807, 2.05) is 31.2 Å². The van der Waals surface area contributed by atoms with E-state index in [0.29, 0.717) is 5.03 Å². The van der Waals surface area contributed by atoms with Crippen LogP contribution < -0.4 is 5.32 Å². The Morgan fingerprint density at radius 2 is 1.93 bits per heavy atom. The summed E-state index contributed by atoms with van der Waals surface area (Å²) in [5, 5.41) is 3.17. The first-order valence-electron chi connectivity index (χ1n) is 4.29. The molecule has 74 valence electrons. The van der Waals surface area contributed by atoms with Gasteiger partial charge in [-0.2, -0.15) is 0 Å². The van der Waals surface area contributed by atoms with Gasteiger partial charge in [-0.1, -0.05) is 29.3 Å². The first kappa shape index (κ1) is 10.8. The van der Waals surface area contributed by atoms with Gasteiger partial charge in [0.05, 0.1) is 0 Å². The van der Waals surface area contributed by atoms with Gasteiger partial charge in [0.1, 0.15) is 0 Å². The SMILES string of the molecule is CC(Cl)=CC(=O)Nc1ccc(C)cc1. The average molecular weight is 210 g/mol. The lowest BCUT2D eigenvalue weighted by Gasteiger charge is -2.01. The van der Waals surface area contributed by atoms with E-state index in [0.717, 1.165) is 11.3 Å². The highest BCUT2D eigenvalue weighted by Crippen LogP contribution is 2.09. The third-order valence-corrected chi connectivity index (χ3v) is 1.76. The van der Waals surface area contributed by atoms with E-state index >= 15 is 0 Å². The molecule has 0 aliphatic rings. The second-order valence-electron chi connectivity index (χ2n) is 3.09. The molecule has 2 nitrogen and oxygen atoms in total. The smallest absolute Gasteiger partial charge is 0.249 e. The normalized spacial score (nSPS) is 11.2. The molecule has 0 saturated carbocycles. The third-order valence-electron chi connectivity index (χ3n) is 1.65. The van der Waals surface area contributed by atoms with Crippen molar-refractivity contribution in [2.45, 2.75) is 13.8 Å². The fraction of sp³-hybridized carbons (Fsp3) is 0.182. The number of anilines is 1. The van der Waals surface area contributed by atoms with Gasteiger partial charge < -0.3 is 5.32 Å². The minimum atomic E-state index is -0.207. The lowest BCUT2D eigenvalue weighted by molar-refractivity contribution is -0.111. The van der Waals surface area contributed by atoms with E-state index in [2.05, 4.69) is 5.32 Å². The van der Waals surface area contributed by atoms with Gasteiger partial charge in [0.2, 0.25) is 5.91 Å². The summed E-state index contributed by atoms with van der Waals surface area (Å²) in [5.74, 6) is -0.207. The number of carbonyl (C=O) groups is 1. The van der Waals surface area contributed by atoms with Crippen LogP contribution in [0, 0.1) is 6.92 Å². The van der Waals surface area contributed by atoms with Crippen molar-refractivity contribution < 1.29 is 4.79 Å². The third kappa shape index (κ3) is 3.62. The van der Waals surface area contributed by atoms with Crippen molar-refractivity contribution in [2.24, 2.45) is 0 Å². The quantitative estimate of drug-likeness (QED) is 0.746. The zero-order valence-electron chi connectivity index (χ0n) is 8.17. The maximum atomic E-state index is 11.2. The molecule has 0 bridgehead atoms. The topological polar surface area (TPSA) is 29.1 Å². The number of carbonyl (C=O) groups excluding carboxylic acids is 1. The standard InChI is InChI=1S/C11H12ClNO/c1-8-3-5-10(6-4-8)13-11(14)7-9(2)12/h3-7H,1-2H3,(H,13,14). The van der Waals surface area contributed by atoms with Gasteiger partial charge >= 0.3 is 0 Å². The summed E-state index contributed by atoms with van der Waals surface area (Å²) in [6.07, 6.45) is 1.35. The van der Waals surface area contributed by atoms with Gasteiger partial charge in [-0.3, -0.25) is 4.79 Å². The van der Waals surface area contributed by atoms with Crippen LogP contribution in [0.5, 0.6) is 0 Å². The second kappa shape index (κ2) is 4.82. The lowest BCUT2D eigenvalue weighted by atomic mass is 10.2. The van der Waals surface area contributed by atoms with Crippen molar-refractivity contribution in [3.05, 3.63) is 40.9 Å². The van der Waals surface area contributed by atoms with Crippen molar-refractivity contribution >= 4 is 23.2 Å². The number of allylic oxidation sites excluding steroid dienone is 1. The summed E-state index contributed by atoms with van der Waals surface area (Å²) in [6, 6.07) is 7.58. The number of rotatable bonds is 2. The van der Waals surface area contributed by atoms with Crippen molar-refractivity contribution in [3.63, 3.8) is 0 Å². The van der Waals surface area contributed by atoms with Crippen molar-refractivity contribution in [1.82, 2.24) is 0 Å². The molecule has 1 rings (SSSR count). The summed E-state index contributed by atoms with van der Waals surface area (Å²) in [5.41, 5.74) is 1.93. The lowest BCUT2D eigenvalue weighted by Crippen LogP contribution is -2.07. The first-order valence-corrected chi connectivity index (χ1v) is 4.67. The average Bonchev–Trinajstić information content (AvgIpc) is 2.07. The van der Waals surface area contributed by atoms with Crippen molar-refractivity contribution in [2.75, 3.05) is 5.32 Å². The minimum absolute atomic E-state index is 0.207. The Labute approximate surface area is 88.6 Å². The minimum Gasteiger partial charge on any atom is -0.322 e. The zero-order valence-corrected chi connectivity index (χ0v) is 8.93. The molecule has 0 atom stereocenters. The predicted molar refractivity (Wildman–Crippen MR) is 59.4 cm³/mol. The summed E-state index contributed by atoms with van der Waals surface area (Å²) in [6.45, 7) is 3.66. The summed E-state index contributed by atoms with van der Waals surface area (Å²) in [4.78, 5) is 11.2. The van der Waals surface area contributed by atoms with E-state index in [1.54, 1.807) is 6.92 Å². The van der Waals surface area contributed by atoms with Crippen LogP contribution in [0.15, 0.2) is 35.4 Å². The molecule has 0 aliphatic heterocycles. The summed E-state index contributed by atoms with van der Waals surface area (Å²) >= 11 is 5.56. The number of hydrogen-bond acceptors (Lipinski definition) is 1. The first-order chi connectivity index (χ1) is 6.58. The molecule has 1 aromatic rings. The van der Waals surface area contributed by atoms with Crippen LogP contribution in [0.2, 0.25) is 0 Å². The van der Waals surface area contributed by atoms with E-state index in [4.69, 9.17) is 11.6 Å². The van der Waals surface area contributed by atoms with E-state index < -0.39 is 0 Å². The largest absolute Gasteiger partial charge is 0.322 e. The maximum Gasteiger partial charge on any atom is 0.249 e. The maximum absolute atomic E-state index is 11.2. The van der Waals surface area contributed by atoms with Crippen LogP contribution in [0.1, 0.15) is 12.5 Å². The fourth-order valence-electron chi connectivity index (χ4n) is 0.996. The van der Waals surface area contributed by atoms with Gasteiger partial charge in [0.25, 0.3) is 0 Å². The van der Waals surface area contributed by atoms with Crippen LogP contribution in [-0.2, 0) is 4.79 Å². The molecule has 0 saturated heterocycles. The number of nitrogens with one attached hydrogen (secondary N) is 1. The number of benzene rings is 1. The fourth-order valence-corrected chi connectivity index (χ4v) is 1.09. The van der Waals surface area contributed by atoms with Crippen LogP contribution in [-0.4, -0.2) is 5.91 Å². The highest BCUT2D eigenvalue weighted by Gasteiger charge is 1.97. The van der Waals surface area contributed by atoms with Gasteiger partial charge in [0, 0.05) is 16.8 Å². The van der Waals surface area contributed by atoms with Crippen LogP contribution in [0.4, 0.5) is 5.69 Å². The van der Waals surface area contributed by atoms with E-state index in [9.17, 15) is 4.79 Å². The number of amides is 1. The molecule has 1 aromatic carbocycles. The van der Waals surface area contributed by atoms with Crippen LogP contribution >= 0.6 is 11.6 Å². The molecule has 0 heterocycles. The van der Waals surface area contributed by atoms with Crippen molar-refractivity contribution in [3.8, 4) is 0 Å². The number of hydrogen-bond donors (Lipinski definition) is 1. The van der Waals surface area contributed by atoms with Gasteiger partial charge in [0.15, 0.2) is 0 Å². The molecule has 0 aromatic heterocycles. The predicted octanol–water partition coefficient (Wildman–Crippen LogP) is 3.08. The van der Waals surface area contributed by atoms with Crippen molar-refractivity contribution in [1.29, 1.82) is 0 Å². The molecule has 1 amide bonds. The Bertz CT molecular complexity index is 350. The summed E-state index contributed by atoms with van der Waals surface area (Å²) < 4.78 is 0. The molecule has 3 heteroatoms. The molecular formula is C11H12ClNO. The molecule has 0 radical (unpaired) electrons. The van der Waals surface area contributed by atoms with E-state index in [1.165, 1.54) is 6.08 Å². The molecule has 0 unspecified atom stereocenters. The highest BCUT2D eigenvalue weighted by atomic mass is 35.5. The number of aryl methyl sites for hydroxylation is 1. The zero-order chi connectivity index (χ0) is 10.6. The Hall–Kier alpha value is -1.28. The Kier molecular flexibility index (Phi) is 3.72. The van der Waals surface area contributed by atoms with Crippen LogP contribution in [0.25, 0.3) is 0 Å². The summed E-state index contributed by atoms with van der Waals surface area (Å²) in [7, 11) is 0. The molecule has 14 heavy (non-hydrogen) atoms. The van der Waals surface area contributed by atoms with Gasteiger partial charge in [-0.25, -0.2) is 0 Å². The Morgan fingerprint density at radius 3 is 2.43 bits per heavy atom. The van der Waals surface area contributed by atoms with E-state index in [-0.39, 0.29) is 5.91 Å². The Morgan fingerprint density at radius 1 is 1.36 bits per heavy atom. The Balaban J connectivity index is 2.66. The number of halogens is 1. The van der Waals surface area contributed by atoms with Gasteiger partial charge in [-0.15, -0.1) is 0 Å². The second-order valence-corrected chi connectivity index (χ2v) is 3.68. The molecular weight excluding hydrogens is 198 g/mol. The highest BCUT2D eigenvalue weighted by molar-refractivity contribution is 6.31. The molecule has 0 spiro atoms.